The molecule has 1 spiro atoms. The summed E-state index contributed by atoms with van der Waals surface area (Å²) in [5.74, 6) is -0.233. The molecule has 3 aromatic rings. The second kappa shape index (κ2) is 12.4. The van der Waals surface area contributed by atoms with Crippen molar-refractivity contribution in [3.8, 4) is 0 Å². The number of anilines is 1. The van der Waals surface area contributed by atoms with Crippen molar-refractivity contribution in [1.82, 2.24) is 9.80 Å². The number of likely N-dealkylation sites (N-methyl/N-ethyl adjacent to an activating group) is 1. The van der Waals surface area contributed by atoms with Gasteiger partial charge in [-0.25, -0.2) is 4.39 Å². The highest BCUT2D eigenvalue weighted by molar-refractivity contribution is 6.42. The van der Waals surface area contributed by atoms with E-state index in [0.29, 0.717) is 39.9 Å². The molecule has 0 aliphatic carbocycles. The fourth-order valence-corrected chi connectivity index (χ4v) is 7.13. The second-order valence-electron chi connectivity index (χ2n) is 12.1. The van der Waals surface area contributed by atoms with Crippen LogP contribution in [0.25, 0.3) is 0 Å². The minimum Gasteiger partial charge on any atom is -0.341 e. The molecule has 2 aliphatic rings. The molecule has 0 bridgehead atoms. The Morgan fingerprint density at radius 2 is 1.69 bits per heavy atom. The number of hydrogen-bond donors (Lipinski definition) is 0. The van der Waals surface area contributed by atoms with Gasteiger partial charge in [0.15, 0.2) is 0 Å². The third-order valence-electron chi connectivity index (χ3n) is 8.99. The molecule has 2 amide bonds. The maximum Gasteiger partial charge on any atom is 0.253 e. The van der Waals surface area contributed by atoms with Crippen molar-refractivity contribution >= 4 is 40.7 Å². The van der Waals surface area contributed by atoms with Gasteiger partial charge in [0.1, 0.15) is 5.82 Å². The molecule has 5 rings (SSSR count). The van der Waals surface area contributed by atoms with Gasteiger partial charge in [0, 0.05) is 49.5 Å². The molecule has 222 valence electrons. The highest BCUT2D eigenvalue weighted by atomic mass is 35.5. The Bertz CT molecular complexity index is 1480. The van der Waals surface area contributed by atoms with Gasteiger partial charge in [-0.15, -0.1) is 0 Å². The summed E-state index contributed by atoms with van der Waals surface area (Å²) in [5, 5.41) is 1.00. The monoisotopic (exact) mass is 609 g/mol. The Balaban J connectivity index is 1.29. The van der Waals surface area contributed by atoms with Crippen LogP contribution in [0.4, 0.5) is 10.1 Å². The minimum absolute atomic E-state index is 0.0104. The summed E-state index contributed by atoms with van der Waals surface area (Å²) in [6, 6.07) is 16.7. The van der Waals surface area contributed by atoms with Gasteiger partial charge in [-0.1, -0.05) is 52.5 Å². The van der Waals surface area contributed by atoms with Crippen molar-refractivity contribution in [1.29, 1.82) is 0 Å². The summed E-state index contributed by atoms with van der Waals surface area (Å²) in [5.41, 5.74) is 4.91. The Morgan fingerprint density at radius 3 is 2.33 bits per heavy atom. The molecule has 5 nitrogen and oxygen atoms in total. The van der Waals surface area contributed by atoms with Crippen LogP contribution in [-0.4, -0.2) is 61.4 Å². The number of halogens is 3. The summed E-state index contributed by atoms with van der Waals surface area (Å²) in [6.45, 7) is 9.07. The predicted molar refractivity (Wildman–Crippen MR) is 168 cm³/mol. The molecular weight excluding hydrogens is 572 g/mol. The topological polar surface area (TPSA) is 43.9 Å². The Hall–Kier alpha value is -2.93. The molecule has 2 heterocycles. The molecule has 0 aromatic heterocycles. The molecule has 1 atom stereocenters. The third kappa shape index (κ3) is 6.22. The normalized spacial score (nSPS) is 16.9. The minimum atomic E-state index is -0.357. The van der Waals surface area contributed by atoms with Crippen LogP contribution >= 0.6 is 23.2 Å². The van der Waals surface area contributed by atoms with Crippen LogP contribution in [0.15, 0.2) is 54.6 Å². The number of rotatable bonds is 7. The Labute approximate surface area is 258 Å². The standard InChI is InChI=1S/C34H38Cl2FN3O2/c1-22-16-23(2)18-27(17-22)33(42)38(4)20-26(25-8-9-28(35)29(36)19-25)10-13-39-14-11-34(12-15-39)21-40(24(3)41)31-7-5-6-30(37)32(31)34/h5-9,16-19,26H,10-15,20-21H2,1-4H3/t26-/m1/s1. The lowest BCUT2D eigenvalue weighted by molar-refractivity contribution is -0.116. The van der Waals surface area contributed by atoms with E-state index < -0.39 is 0 Å². The molecule has 1 fully saturated rings. The zero-order valence-corrected chi connectivity index (χ0v) is 26.2. The maximum absolute atomic E-state index is 15.1. The Kier molecular flexibility index (Phi) is 8.98. The first-order valence-corrected chi connectivity index (χ1v) is 15.3. The number of piperidine rings is 1. The number of benzene rings is 3. The molecule has 8 heteroatoms. The van der Waals surface area contributed by atoms with Crippen LogP contribution in [0, 0.1) is 19.7 Å². The van der Waals surface area contributed by atoms with Gasteiger partial charge in [-0.05, 0) is 94.7 Å². The van der Waals surface area contributed by atoms with E-state index in [-0.39, 0.29) is 29.0 Å². The van der Waals surface area contributed by atoms with Gasteiger partial charge in [-0.3, -0.25) is 9.59 Å². The molecular formula is C34H38Cl2FN3O2. The van der Waals surface area contributed by atoms with Crippen LogP contribution < -0.4 is 4.90 Å². The number of carbonyl (C=O) groups is 2. The summed E-state index contributed by atoms with van der Waals surface area (Å²) in [4.78, 5) is 31.7. The third-order valence-corrected chi connectivity index (χ3v) is 9.72. The van der Waals surface area contributed by atoms with E-state index in [1.165, 1.54) is 6.07 Å². The smallest absolute Gasteiger partial charge is 0.253 e. The highest BCUT2D eigenvalue weighted by Gasteiger charge is 2.47. The average Bonchev–Trinajstić information content (AvgIpc) is 3.27. The SMILES string of the molecule is CC(=O)N1CC2(CCN(CC[C@H](CN(C)C(=O)c3cc(C)cc(C)c3)c3ccc(Cl)c(Cl)c3)CC2)c2c(F)cccc21. The number of nitrogens with zero attached hydrogens (tertiary/aromatic N) is 3. The summed E-state index contributed by atoms with van der Waals surface area (Å²) < 4.78 is 15.1. The number of carbonyl (C=O) groups excluding carboxylic acids is 2. The lowest BCUT2D eigenvalue weighted by Gasteiger charge is -2.40. The second-order valence-corrected chi connectivity index (χ2v) is 12.9. The van der Waals surface area contributed by atoms with Crippen LogP contribution in [-0.2, 0) is 10.2 Å². The van der Waals surface area contributed by atoms with E-state index >= 15 is 4.39 Å². The zero-order valence-electron chi connectivity index (χ0n) is 24.7. The summed E-state index contributed by atoms with van der Waals surface area (Å²) in [6.07, 6.45) is 2.39. The Morgan fingerprint density at radius 1 is 1.00 bits per heavy atom. The van der Waals surface area contributed by atoms with Gasteiger partial charge in [0.2, 0.25) is 5.91 Å². The first-order chi connectivity index (χ1) is 20.0. The van der Waals surface area contributed by atoms with E-state index in [4.69, 9.17) is 23.2 Å². The number of hydrogen-bond acceptors (Lipinski definition) is 3. The zero-order chi connectivity index (χ0) is 30.2. The van der Waals surface area contributed by atoms with E-state index in [0.717, 1.165) is 55.6 Å². The van der Waals surface area contributed by atoms with Gasteiger partial charge in [0.25, 0.3) is 5.91 Å². The van der Waals surface area contributed by atoms with Crippen LogP contribution in [0.3, 0.4) is 0 Å². The number of aryl methyl sites for hydroxylation is 2. The van der Waals surface area contributed by atoms with Crippen molar-refractivity contribution in [3.63, 3.8) is 0 Å². The first-order valence-electron chi connectivity index (χ1n) is 14.6. The van der Waals surface area contributed by atoms with Crippen LogP contribution in [0.2, 0.25) is 10.0 Å². The van der Waals surface area contributed by atoms with Gasteiger partial charge >= 0.3 is 0 Å². The number of fused-ring (bicyclic) bond motifs is 2. The van der Waals surface area contributed by atoms with Gasteiger partial charge in [-0.2, -0.15) is 0 Å². The molecule has 1 saturated heterocycles. The summed E-state index contributed by atoms with van der Waals surface area (Å²) >= 11 is 12.6. The number of likely N-dealkylation sites (tertiary alicyclic amines) is 1. The lowest BCUT2D eigenvalue weighted by atomic mass is 9.74. The van der Waals surface area contributed by atoms with E-state index in [1.54, 1.807) is 22.8 Å². The van der Waals surface area contributed by atoms with Crippen molar-refractivity contribution < 1.29 is 14.0 Å². The quantitative estimate of drug-likeness (QED) is 0.280. The number of amides is 2. The van der Waals surface area contributed by atoms with Gasteiger partial charge < -0.3 is 14.7 Å². The predicted octanol–water partition coefficient (Wildman–Crippen LogP) is 7.40. The van der Waals surface area contributed by atoms with Crippen molar-refractivity contribution in [2.75, 3.05) is 44.7 Å². The largest absolute Gasteiger partial charge is 0.341 e. The van der Waals surface area contributed by atoms with E-state index in [1.807, 2.05) is 57.3 Å². The molecule has 0 radical (unpaired) electrons. The van der Waals surface area contributed by atoms with E-state index in [9.17, 15) is 9.59 Å². The summed E-state index contributed by atoms with van der Waals surface area (Å²) in [7, 11) is 1.85. The molecule has 0 saturated carbocycles. The fraction of sp³-hybridized carbons (Fsp3) is 0.412. The molecule has 0 N–H and O–H groups in total. The lowest BCUT2D eigenvalue weighted by Crippen LogP contribution is -2.46. The van der Waals surface area contributed by atoms with Crippen LogP contribution in [0.1, 0.15) is 64.7 Å². The van der Waals surface area contributed by atoms with Crippen molar-refractivity contribution in [2.24, 2.45) is 0 Å². The molecule has 42 heavy (non-hydrogen) atoms. The highest BCUT2D eigenvalue weighted by Crippen LogP contribution is 2.48. The fourth-order valence-electron chi connectivity index (χ4n) is 6.82. The van der Waals surface area contributed by atoms with Crippen molar-refractivity contribution in [3.05, 3.63) is 98.3 Å². The molecule has 3 aromatic carbocycles. The molecule has 2 aliphatic heterocycles. The average molecular weight is 611 g/mol. The molecule has 0 unspecified atom stereocenters. The maximum atomic E-state index is 15.1. The van der Waals surface area contributed by atoms with E-state index in [2.05, 4.69) is 11.0 Å². The van der Waals surface area contributed by atoms with Crippen LogP contribution in [0.5, 0.6) is 0 Å². The first kappa shape index (κ1) is 30.5. The van der Waals surface area contributed by atoms with Gasteiger partial charge in [0.05, 0.1) is 15.7 Å². The van der Waals surface area contributed by atoms with Crippen molar-refractivity contribution in [2.45, 2.75) is 51.4 Å².